The molecule has 0 spiro atoms. The lowest BCUT2D eigenvalue weighted by Crippen LogP contribution is -2.45. The van der Waals surface area contributed by atoms with Crippen molar-refractivity contribution in [2.24, 2.45) is 0 Å². The summed E-state index contributed by atoms with van der Waals surface area (Å²) in [6, 6.07) is 13.6. The van der Waals surface area contributed by atoms with E-state index in [-0.39, 0.29) is 5.78 Å². The zero-order valence-corrected chi connectivity index (χ0v) is 12.5. The van der Waals surface area contributed by atoms with Crippen LogP contribution in [0.15, 0.2) is 65.9 Å². The maximum atomic E-state index is 13.5. The maximum Gasteiger partial charge on any atom is 0.319 e. The normalized spacial score (nSPS) is 17.5. The van der Waals surface area contributed by atoms with E-state index in [1.165, 1.54) is 12.1 Å². The summed E-state index contributed by atoms with van der Waals surface area (Å²) in [6.45, 7) is 1.67. The van der Waals surface area contributed by atoms with Gasteiger partial charge in [0, 0.05) is 16.8 Å². The number of benzene rings is 2. The van der Waals surface area contributed by atoms with E-state index >= 15 is 0 Å². The standard InChI is InChI=1S/C18H15FN2O2/c1-11-15(17(22)12-6-3-2-4-7-12)16(21-18(23)20-11)13-8-5-9-14(19)10-13/h2-10,16H,1H3,(H2,20,21,23). The minimum atomic E-state index is -0.688. The Morgan fingerprint density at radius 1 is 1.09 bits per heavy atom. The number of carbonyl (C=O) groups excluding carboxylic acids is 2. The van der Waals surface area contributed by atoms with Gasteiger partial charge in [-0.2, -0.15) is 0 Å². The number of Topliss-reactive ketones (excluding diaryl/α,β-unsaturated/α-hetero) is 1. The first-order valence-electron chi connectivity index (χ1n) is 7.20. The Bertz CT molecular complexity index is 800. The van der Waals surface area contributed by atoms with Crippen molar-refractivity contribution < 1.29 is 14.0 Å². The smallest absolute Gasteiger partial charge is 0.319 e. The van der Waals surface area contributed by atoms with Gasteiger partial charge in [0.05, 0.1) is 6.04 Å². The topological polar surface area (TPSA) is 58.2 Å². The minimum absolute atomic E-state index is 0.204. The Morgan fingerprint density at radius 3 is 2.52 bits per heavy atom. The first-order valence-corrected chi connectivity index (χ1v) is 7.20. The lowest BCUT2D eigenvalue weighted by molar-refractivity contribution is 0.102. The molecule has 2 aromatic rings. The summed E-state index contributed by atoms with van der Waals surface area (Å²) in [6.07, 6.45) is 0. The van der Waals surface area contributed by atoms with Crippen molar-refractivity contribution in [3.8, 4) is 0 Å². The molecule has 0 aromatic heterocycles. The molecule has 0 saturated heterocycles. The monoisotopic (exact) mass is 310 g/mol. The van der Waals surface area contributed by atoms with Crippen LogP contribution in [0.1, 0.15) is 28.9 Å². The summed E-state index contributed by atoms with van der Waals surface area (Å²) in [7, 11) is 0. The predicted molar refractivity (Wildman–Crippen MR) is 84.3 cm³/mol. The number of amides is 2. The molecular weight excluding hydrogens is 295 g/mol. The van der Waals surface area contributed by atoms with Gasteiger partial charge in [-0.15, -0.1) is 0 Å². The van der Waals surface area contributed by atoms with E-state index in [0.29, 0.717) is 22.4 Å². The summed E-state index contributed by atoms with van der Waals surface area (Å²) in [5.41, 5.74) is 1.91. The van der Waals surface area contributed by atoms with Crippen molar-refractivity contribution in [1.29, 1.82) is 0 Å². The fourth-order valence-electron chi connectivity index (χ4n) is 2.68. The Hall–Kier alpha value is -2.95. The fraction of sp³-hybridized carbons (Fsp3) is 0.111. The van der Waals surface area contributed by atoms with Gasteiger partial charge in [-0.3, -0.25) is 4.79 Å². The summed E-state index contributed by atoms with van der Waals surface area (Å²) in [4.78, 5) is 24.6. The van der Waals surface area contributed by atoms with Crippen molar-refractivity contribution in [3.63, 3.8) is 0 Å². The molecule has 0 fully saturated rings. The minimum Gasteiger partial charge on any atom is -0.327 e. The van der Waals surface area contributed by atoms with E-state index < -0.39 is 17.9 Å². The second kappa shape index (κ2) is 6.04. The largest absolute Gasteiger partial charge is 0.327 e. The molecule has 116 valence electrons. The molecule has 1 aliphatic rings. The van der Waals surface area contributed by atoms with E-state index in [9.17, 15) is 14.0 Å². The third kappa shape index (κ3) is 2.99. The van der Waals surface area contributed by atoms with Crippen LogP contribution in [-0.2, 0) is 0 Å². The van der Waals surface area contributed by atoms with E-state index in [1.54, 1.807) is 43.3 Å². The van der Waals surface area contributed by atoms with Crippen LogP contribution in [0.4, 0.5) is 9.18 Å². The van der Waals surface area contributed by atoms with Gasteiger partial charge >= 0.3 is 6.03 Å². The van der Waals surface area contributed by atoms with Gasteiger partial charge in [-0.05, 0) is 24.6 Å². The number of hydrogen-bond donors (Lipinski definition) is 2. The Balaban J connectivity index is 2.08. The van der Waals surface area contributed by atoms with E-state index in [2.05, 4.69) is 10.6 Å². The molecule has 1 aliphatic heterocycles. The lowest BCUT2D eigenvalue weighted by atomic mass is 9.89. The van der Waals surface area contributed by atoms with Crippen molar-refractivity contribution in [2.75, 3.05) is 0 Å². The molecule has 1 heterocycles. The quantitative estimate of drug-likeness (QED) is 0.854. The van der Waals surface area contributed by atoms with Crippen molar-refractivity contribution >= 4 is 11.8 Å². The molecule has 0 saturated carbocycles. The summed E-state index contributed by atoms with van der Waals surface area (Å²) < 4.78 is 13.5. The first kappa shape index (κ1) is 15.0. The average molecular weight is 310 g/mol. The molecule has 0 aliphatic carbocycles. The second-order valence-electron chi connectivity index (χ2n) is 5.32. The number of urea groups is 1. The lowest BCUT2D eigenvalue weighted by Gasteiger charge is -2.28. The molecule has 3 rings (SSSR count). The van der Waals surface area contributed by atoms with Crippen LogP contribution in [0.3, 0.4) is 0 Å². The van der Waals surface area contributed by atoms with Gasteiger partial charge in [0.15, 0.2) is 5.78 Å². The molecule has 2 N–H and O–H groups in total. The zero-order chi connectivity index (χ0) is 16.4. The molecule has 2 aromatic carbocycles. The van der Waals surface area contributed by atoms with Crippen LogP contribution in [0.25, 0.3) is 0 Å². The van der Waals surface area contributed by atoms with Crippen LogP contribution in [0, 0.1) is 5.82 Å². The van der Waals surface area contributed by atoms with E-state index in [1.807, 2.05) is 6.07 Å². The molecule has 0 bridgehead atoms. The van der Waals surface area contributed by atoms with Crippen LogP contribution < -0.4 is 10.6 Å². The van der Waals surface area contributed by atoms with Crippen LogP contribution >= 0.6 is 0 Å². The Labute approximate surface area is 133 Å². The third-order valence-electron chi connectivity index (χ3n) is 3.73. The van der Waals surface area contributed by atoms with Crippen LogP contribution in [0.2, 0.25) is 0 Å². The number of halogens is 1. The van der Waals surface area contributed by atoms with Gasteiger partial charge in [-0.1, -0.05) is 42.5 Å². The van der Waals surface area contributed by atoms with Crippen molar-refractivity contribution in [2.45, 2.75) is 13.0 Å². The molecule has 1 atom stereocenters. The average Bonchev–Trinajstić information content (AvgIpc) is 2.54. The number of carbonyl (C=O) groups is 2. The summed E-state index contributed by atoms with van der Waals surface area (Å²) in [5.74, 6) is -0.621. The highest BCUT2D eigenvalue weighted by Crippen LogP contribution is 2.29. The van der Waals surface area contributed by atoms with E-state index in [0.717, 1.165) is 0 Å². The maximum absolute atomic E-state index is 13.5. The first-order chi connectivity index (χ1) is 11.1. The van der Waals surface area contributed by atoms with Gasteiger partial charge in [0.1, 0.15) is 5.82 Å². The van der Waals surface area contributed by atoms with Crippen LogP contribution in [0.5, 0.6) is 0 Å². The Morgan fingerprint density at radius 2 is 1.83 bits per heavy atom. The molecule has 1 unspecified atom stereocenters. The molecule has 0 radical (unpaired) electrons. The summed E-state index contributed by atoms with van der Waals surface area (Å²) >= 11 is 0. The van der Waals surface area contributed by atoms with Gasteiger partial charge in [0.25, 0.3) is 0 Å². The third-order valence-corrected chi connectivity index (χ3v) is 3.73. The molecule has 4 nitrogen and oxygen atoms in total. The van der Waals surface area contributed by atoms with Crippen molar-refractivity contribution in [3.05, 3.63) is 82.8 Å². The van der Waals surface area contributed by atoms with Gasteiger partial charge in [0.2, 0.25) is 0 Å². The van der Waals surface area contributed by atoms with Gasteiger partial charge in [-0.25, -0.2) is 9.18 Å². The number of rotatable bonds is 3. The number of nitrogens with one attached hydrogen (secondary N) is 2. The highest BCUT2D eigenvalue weighted by molar-refractivity contribution is 6.11. The molecule has 23 heavy (non-hydrogen) atoms. The number of ketones is 1. The zero-order valence-electron chi connectivity index (χ0n) is 12.5. The number of hydrogen-bond acceptors (Lipinski definition) is 2. The Kier molecular flexibility index (Phi) is 3.93. The molecule has 2 amide bonds. The second-order valence-corrected chi connectivity index (χ2v) is 5.32. The fourth-order valence-corrected chi connectivity index (χ4v) is 2.68. The van der Waals surface area contributed by atoms with E-state index in [4.69, 9.17) is 0 Å². The van der Waals surface area contributed by atoms with Crippen molar-refractivity contribution in [1.82, 2.24) is 10.6 Å². The molecular formula is C18H15FN2O2. The number of allylic oxidation sites excluding steroid dienone is 1. The summed E-state index contributed by atoms with van der Waals surface area (Å²) in [5, 5.41) is 5.30. The predicted octanol–water partition coefficient (Wildman–Crippen LogP) is 3.34. The SMILES string of the molecule is CC1=C(C(=O)c2ccccc2)C(c2cccc(F)c2)NC(=O)N1. The highest BCUT2D eigenvalue weighted by atomic mass is 19.1. The van der Waals surface area contributed by atoms with Crippen LogP contribution in [-0.4, -0.2) is 11.8 Å². The highest BCUT2D eigenvalue weighted by Gasteiger charge is 2.31. The molecule has 5 heteroatoms. The van der Waals surface area contributed by atoms with Gasteiger partial charge < -0.3 is 10.6 Å².